The number of carbonyl (C=O) groups is 2. The predicted molar refractivity (Wildman–Crippen MR) is 29.7 cm³/mol. The molecule has 0 heterocycles. The average molecular weight is 166 g/mol. The van der Waals surface area contributed by atoms with Crippen LogP contribution in [0.15, 0.2) is 0 Å². The first-order valence-corrected chi connectivity index (χ1v) is 2.13. The predicted octanol–water partition coefficient (Wildman–Crippen LogP) is 0.684. The van der Waals surface area contributed by atoms with E-state index >= 15 is 0 Å². The number of Topliss-reactive ketones (excluding diaryl/α,β-unsaturated/α-hetero) is 1. The Morgan fingerprint density at radius 2 is 1.11 bits per heavy atom. The molecule has 4 heteroatoms. The number of ketones is 1. The molecule has 9 heavy (non-hydrogen) atoms. The van der Waals surface area contributed by atoms with E-state index in [-0.39, 0.29) is 27.5 Å². The summed E-state index contributed by atoms with van der Waals surface area (Å²) in [5.74, 6) is -0.667. The van der Waals surface area contributed by atoms with Crippen LogP contribution in [0.5, 0.6) is 0 Å². The van der Waals surface area contributed by atoms with Gasteiger partial charge in [-0.2, -0.15) is 0 Å². The Bertz CT molecular complexity index is 70.2. The second-order valence-electron chi connectivity index (χ2n) is 1.43. The molecular weight excluding hydrogens is 156 g/mol. The molecule has 0 radical (unpaired) electrons. The summed E-state index contributed by atoms with van der Waals surface area (Å²) in [6.45, 7) is 4.14. The molecule has 52 valence electrons. The van der Waals surface area contributed by atoms with Gasteiger partial charge >= 0.3 is 0 Å². The summed E-state index contributed by atoms with van der Waals surface area (Å²) in [5.41, 5.74) is 0. The van der Waals surface area contributed by atoms with Crippen molar-refractivity contribution in [1.29, 1.82) is 0 Å². The first-order chi connectivity index (χ1) is 3.46. The number of carboxylic acid groups (broad SMARTS) is 1. The van der Waals surface area contributed by atoms with Crippen LogP contribution in [0.25, 0.3) is 0 Å². The molecule has 0 atom stereocenters. The summed E-state index contributed by atoms with van der Waals surface area (Å²) < 4.78 is 0. The van der Waals surface area contributed by atoms with Gasteiger partial charge < -0.3 is 9.90 Å². The normalized spacial score (nSPS) is 5.67. The van der Waals surface area contributed by atoms with Gasteiger partial charge in [0.15, 0.2) is 0 Å². The monoisotopic (exact) mass is 166 g/mol. The molecule has 0 saturated carbocycles. The molecule has 3 nitrogen and oxygen atoms in total. The van der Waals surface area contributed by atoms with Crippen molar-refractivity contribution >= 4 is 11.8 Å². The number of hydrogen-bond donors (Lipinski definition) is 1. The van der Waals surface area contributed by atoms with Gasteiger partial charge in [-0.25, -0.2) is 0 Å². The van der Waals surface area contributed by atoms with Crippen molar-refractivity contribution in [2.75, 3.05) is 0 Å². The van der Waals surface area contributed by atoms with Crippen molar-refractivity contribution < 1.29 is 36.4 Å². The van der Waals surface area contributed by atoms with Crippen molar-refractivity contribution in [3.63, 3.8) is 0 Å². The van der Waals surface area contributed by atoms with Crippen LogP contribution in [-0.4, -0.2) is 16.9 Å². The molecule has 0 aliphatic rings. The van der Waals surface area contributed by atoms with Crippen LogP contribution < -0.4 is 0 Å². The van der Waals surface area contributed by atoms with Gasteiger partial charge in [0, 0.05) is 28.6 Å². The molecule has 0 amide bonds. The smallest absolute Gasteiger partial charge is 0.300 e. The molecule has 0 spiro atoms. The minimum Gasteiger partial charge on any atom is -0.481 e. The summed E-state index contributed by atoms with van der Waals surface area (Å²) in [5, 5.41) is 7.42. The fourth-order valence-corrected chi connectivity index (χ4v) is 0. The molecular formula is C5H10O3Ti. The summed E-state index contributed by atoms with van der Waals surface area (Å²) in [4.78, 5) is 18.4. The van der Waals surface area contributed by atoms with Gasteiger partial charge in [-0.3, -0.25) is 4.79 Å². The standard InChI is InChI=1S/C3H6O.C2H4O2.Ti/c1-3(2)4;1-2(3)4;/h1-2H3;1H3,(H,3,4);. The van der Waals surface area contributed by atoms with E-state index in [1.807, 2.05) is 0 Å². The summed E-state index contributed by atoms with van der Waals surface area (Å²) >= 11 is 0. The Kier molecular flexibility index (Phi) is 19.1. The van der Waals surface area contributed by atoms with Gasteiger partial charge in [0.2, 0.25) is 0 Å². The molecule has 0 aliphatic heterocycles. The maximum Gasteiger partial charge on any atom is 0.300 e. The first-order valence-electron chi connectivity index (χ1n) is 2.13. The number of hydrogen-bond acceptors (Lipinski definition) is 2. The van der Waals surface area contributed by atoms with E-state index in [9.17, 15) is 4.79 Å². The molecule has 0 fully saturated rings. The fraction of sp³-hybridized carbons (Fsp3) is 0.600. The van der Waals surface area contributed by atoms with E-state index in [0.717, 1.165) is 6.92 Å². The number of rotatable bonds is 0. The van der Waals surface area contributed by atoms with E-state index in [4.69, 9.17) is 9.90 Å². The number of aliphatic carboxylic acids is 1. The zero-order valence-electron chi connectivity index (χ0n) is 5.76. The zero-order valence-corrected chi connectivity index (χ0v) is 7.33. The van der Waals surface area contributed by atoms with Crippen LogP contribution in [0.3, 0.4) is 0 Å². The third kappa shape index (κ3) is 12700. The van der Waals surface area contributed by atoms with Crippen molar-refractivity contribution in [1.82, 2.24) is 0 Å². The van der Waals surface area contributed by atoms with Crippen molar-refractivity contribution in [2.45, 2.75) is 20.8 Å². The van der Waals surface area contributed by atoms with Crippen LogP contribution in [0, 0.1) is 0 Å². The van der Waals surface area contributed by atoms with Gasteiger partial charge in [0.05, 0.1) is 0 Å². The molecule has 0 saturated heterocycles. The zero-order chi connectivity index (χ0) is 7.15. The van der Waals surface area contributed by atoms with Gasteiger partial charge in [0.25, 0.3) is 5.97 Å². The van der Waals surface area contributed by atoms with Crippen LogP contribution >= 0.6 is 0 Å². The first kappa shape index (κ1) is 15.9. The SMILES string of the molecule is CC(=O)O.CC(C)=O.[Ti]. The van der Waals surface area contributed by atoms with Gasteiger partial charge in [-0.1, -0.05) is 0 Å². The number of carboxylic acids is 1. The quantitative estimate of drug-likeness (QED) is 0.538. The molecule has 1 N–H and O–H groups in total. The second kappa shape index (κ2) is 10.8. The van der Waals surface area contributed by atoms with E-state index in [0.29, 0.717) is 0 Å². The average Bonchev–Trinajstić information content (AvgIpc) is 1.25. The van der Waals surface area contributed by atoms with E-state index < -0.39 is 5.97 Å². The minimum absolute atomic E-state index is 0. The summed E-state index contributed by atoms with van der Waals surface area (Å²) in [6, 6.07) is 0. The minimum atomic E-state index is -0.833. The summed E-state index contributed by atoms with van der Waals surface area (Å²) in [7, 11) is 0. The maximum atomic E-state index is 9.44. The molecule has 0 aromatic rings. The summed E-state index contributed by atoms with van der Waals surface area (Å²) in [6.07, 6.45) is 0. The van der Waals surface area contributed by atoms with Crippen molar-refractivity contribution in [3.8, 4) is 0 Å². The molecule has 0 aromatic carbocycles. The van der Waals surface area contributed by atoms with Crippen LogP contribution in [0.4, 0.5) is 0 Å². The van der Waals surface area contributed by atoms with Crippen LogP contribution in [-0.2, 0) is 31.3 Å². The Morgan fingerprint density at radius 1 is 1.11 bits per heavy atom. The van der Waals surface area contributed by atoms with Gasteiger partial charge in [0.1, 0.15) is 5.78 Å². The Balaban J connectivity index is -0.0000000720. The Morgan fingerprint density at radius 3 is 1.11 bits per heavy atom. The van der Waals surface area contributed by atoms with Crippen LogP contribution in [0.2, 0.25) is 0 Å². The van der Waals surface area contributed by atoms with Gasteiger partial charge in [-0.05, 0) is 13.8 Å². The third-order valence-electron chi connectivity index (χ3n) is 0. The molecule has 0 bridgehead atoms. The molecule has 0 aromatic heterocycles. The molecule has 0 rings (SSSR count). The van der Waals surface area contributed by atoms with E-state index in [1.54, 1.807) is 0 Å². The topological polar surface area (TPSA) is 54.4 Å². The maximum absolute atomic E-state index is 9.44. The second-order valence-corrected chi connectivity index (χ2v) is 1.43. The largest absolute Gasteiger partial charge is 0.481 e. The van der Waals surface area contributed by atoms with Crippen molar-refractivity contribution in [3.05, 3.63) is 0 Å². The third-order valence-corrected chi connectivity index (χ3v) is 0. The van der Waals surface area contributed by atoms with E-state index in [2.05, 4.69) is 0 Å². The van der Waals surface area contributed by atoms with Crippen LogP contribution in [0.1, 0.15) is 20.8 Å². The van der Waals surface area contributed by atoms with E-state index in [1.165, 1.54) is 13.8 Å². The van der Waals surface area contributed by atoms with Gasteiger partial charge in [-0.15, -0.1) is 0 Å². The molecule has 0 unspecified atom stereocenters. The Labute approximate surface area is 69.3 Å². The fourth-order valence-electron chi connectivity index (χ4n) is 0. The molecule has 0 aliphatic carbocycles. The van der Waals surface area contributed by atoms with Crippen molar-refractivity contribution in [2.24, 2.45) is 0 Å². The number of carbonyl (C=O) groups excluding carboxylic acids is 1. The Hall–Kier alpha value is -0.146.